The average Bonchev–Trinajstić information content (AvgIpc) is 2.28. The molecule has 0 saturated heterocycles. The number of nitrogens with two attached hydrogens (primary N) is 1. The van der Waals surface area contributed by atoms with Crippen LogP contribution in [0.15, 0.2) is 29.2 Å². The van der Waals surface area contributed by atoms with Gasteiger partial charge in [0.05, 0.1) is 9.88 Å². The lowest BCUT2D eigenvalue weighted by Gasteiger charge is -2.07. The molecule has 1 aromatic rings. The molecule has 1 rings (SSSR count). The van der Waals surface area contributed by atoms with E-state index in [1.807, 2.05) is 0 Å². The Hall–Kier alpha value is -0.830. The van der Waals surface area contributed by atoms with Gasteiger partial charge in [0.2, 0.25) is 10.0 Å². The predicted molar refractivity (Wildman–Crippen MR) is 81.1 cm³/mol. The van der Waals surface area contributed by atoms with Gasteiger partial charge in [-0.05, 0) is 17.7 Å². The fourth-order valence-electron chi connectivity index (χ4n) is 1.39. The molecular formula is C11H16N2O3S3. The molecular weight excluding hydrogens is 304 g/mol. The first-order valence-corrected chi connectivity index (χ1v) is 9.10. The summed E-state index contributed by atoms with van der Waals surface area (Å²) in [6.45, 7) is 0.153. The van der Waals surface area contributed by atoms with Gasteiger partial charge in [0, 0.05) is 35.8 Å². The summed E-state index contributed by atoms with van der Waals surface area (Å²) >= 11 is 4.78. The Bertz CT molecular complexity index is 567. The van der Waals surface area contributed by atoms with E-state index in [4.69, 9.17) is 18.0 Å². The van der Waals surface area contributed by atoms with Crippen molar-refractivity contribution in [2.75, 3.05) is 18.6 Å². The Kier molecular flexibility index (Phi) is 6.05. The first kappa shape index (κ1) is 16.2. The van der Waals surface area contributed by atoms with Crippen LogP contribution in [0.1, 0.15) is 5.56 Å². The summed E-state index contributed by atoms with van der Waals surface area (Å²) in [5.41, 5.74) is 6.28. The molecule has 0 spiro atoms. The highest BCUT2D eigenvalue weighted by Gasteiger charge is 2.13. The van der Waals surface area contributed by atoms with Gasteiger partial charge >= 0.3 is 0 Å². The topological polar surface area (TPSA) is 89.3 Å². The standard InChI is InChI=1S/C11H16N2O3S3/c1-18(14)7-6-13-19(15,16)10-4-2-9(3-5-10)8-11(12)17/h2-5,13H,6-8H2,1H3,(H2,12,17). The van der Waals surface area contributed by atoms with E-state index in [2.05, 4.69) is 4.72 Å². The van der Waals surface area contributed by atoms with E-state index in [1.165, 1.54) is 18.4 Å². The van der Waals surface area contributed by atoms with Crippen LogP contribution >= 0.6 is 12.2 Å². The van der Waals surface area contributed by atoms with E-state index < -0.39 is 20.8 Å². The Labute approximate surface area is 121 Å². The van der Waals surface area contributed by atoms with Crippen molar-refractivity contribution >= 4 is 38.0 Å². The van der Waals surface area contributed by atoms with Gasteiger partial charge < -0.3 is 5.73 Å². The molecule has 0 fully saturated rings. The summed E-state index contributed by atoms with van der Waals surface area (Å²) in [6, 6.07) is 6.34. The molecule has 0 radical (unpaired) electrons. The normalized spacial score (nSPS) is 13.1. The second kappa shape index (κ2) is 7.09. The number of benzene rings is 1. The van der Waals surface area contributed by atoms with Gasteiger partial charge in [0.25, 0.3) is 0 Å². The quantitative estimate of drug-likeness (QED) is 0.699. The maximum Gasteiger partial charge on any atom is 0.240 e. The third-order valence-corrected chi connectivity index (χ3v) is 4.69. The summed E-state index contributed by atoms with van der Waals surface area (Å²) < 4.78 is 37.0. The molecule has 0 aliphatic rings. The second-order valence-corrected chi connectivity index (χ2v) is 7.81. The molecule has 8 heteroatoms. The van der Waals surface area contributed by atoms with E-state index in [-0.39, 0.29) is 11.4 Å². The average molecular weight is 320 g/mol. The van der Waals surface area contributed by atoms with Crippen molar-refractivity contribution in [3.05, 3.63) is 29.8 Å². The molecule has 3 N–H and O–H groups in total. The van der Waals surface area contributed by atoms with E-state index in [0.717, 1.165) is 5.56 Å². The largest absolute Gasteiger partial charge is 0.393 e. The molecule has 0 bridgehead atoms. The number of hydrogen-bond acceptors (Lipinski definition) is 4. The van der Waals surface area contributed by atoms with Crippen LogP contribution < -0.4 is 10.5 Å². The van der Waals surface area contributed by atoms with Crippen molar-refractivity contribution in [3.8, 4) is 0 Å². The van der Waals surface area contributed by atoms with Gasteiger partial charge in [-0.1, -0.05) is 24.4 Å². The molecule has 1 unspecified atom stereocenters. The van der Waals surface area contributed by atoms with Gasteiger partial charge in [-0.3, -0.25) is 4.21 Å². The summed E-state index contributed by atoms with van der Waals surface area (Å²) in [6.07, 6.45) is 1.97. The van der Waals surface area contributed by atoms with Crippen LogP contribution in [0.5, 0.6) is 0 Å². The van der Waals surface area contributed by atoms with Crippen molar-refractivity contribution in [1.82, 2.24) is 4.72 Å². The highest BCUT2D eigenvalue weighted by Crippen LogP contribution is 2.10. The summed E-state index contributed by atoms with van der Waals surface area (Å²) in [4.78, 5) is 0.528. The fraction of sp³-hybridized carbons (Fsp3) is 0.364. The minimum Gasteiger partial charge on any atom is -0.393 e. The number of rotatable bonds is 7. The van der Waals surface area contributed by atoms with Crippen LogP contribution in [0.2, 0.25) is 0 Å². The summed E-state index contributed by atoms with van der Waals surface area (Å²) in [5, 5.41) is 0. The zero-order valence-electron chi connectivity index (χ0n) is 10.5. The Morgan fingerprint density at radius 1 is 1.37 bits per heavy atom. The van der Waals surface area contributed by atoms with Gasteiger partial charge in [0.1, 0.15) is 0 Å². The van der Waals surface area contributed by atoms with Crippen molar-refractivity contribution < 1.29 is 12.6 Å². The molecule has 0 aliphatic carbocycles. The van der Waals surface area contributed by atoms with Crippen LogP contribution in [0.4, 0.5) is 0 Å². The van der Waals surface area contributed by atoms with Crippen LogP contribution in [-0.4, -0.2) is 36.2 Å². The van der Waals surface area contributed by atoms with E-state index in [1.54, 1.807) is 12.1 Å². The highest BCUT2D eigenvalue weighted by molar-refractivity contribution is 7.89. The van der Waals surface area contributed by atoms with Gasteiger partial charge in [-0.2, -0.15) is 0 Å². The van der Waals surface area contributed by atoms with Crippen LogP contribution in [0.25, 0.3) is 0 Å². The summed E-state index contributed by atoms with van der Waals surface area (Å²) in [7, 11) is -4.57. The van der Waals surface area contributed by atoms with E-state index in [9.17, 15) is 12.6 Å². The Morgan fingerprint density at radius 3 is 2.42 bits per heavy atom. The molecule has 19 heavy (non-hydrogen) atoms. The lowest BCUT2D eigenvalue weighted by atomic mass is 10.1. The van der Waals surface area contributed by atoms with E-state index >= 15 is 0 Å². The van der Waals surface area contributed by atoms with Crippen LogP contribution in [-0.2, 0) is 27.2 Å². The third-order valence-electron chi connectivity index (χ3n) is 2.29. The number of thiocarbonyl (C=S) groups is 1. The minimum atomic E-state index is -3.55. The SMILES string of the molecule is CS(=O)CCNS(=O)(=O)c1ccc(CC(N)=S)cc1. The first-order chi connectivity index (χ1) is 8.81. The van der Waals surface area contributed by atoms with Crippen molar-refractivity contribution in [2.45, 2.75) is 11.3 Å². The molecule has 0 aromatic heterocycles. The highest BCUT2D eigenvalue weighted by atomic mass is 32.2. The predicted octanol–water partition coefficient (Wildman–Crippen LogP) is 0.172. The zero-order chi connectivity index (χ0) is 14.5. The van der Waals surface area contributed by atoms with Crippen molar-refractivity contribution in [3.63, 3.8) is 0 Å². The van der Waals surface area contributed by atoms with Crippen molar-refractivity contribution in [1.29, 1.82) is 0 Å². The molecule has 0 heterocycles. The zero-order valence-corrected chi connectivity index (χ0v) is 12.9. The molecule has 0 saturated carbocycles. The Balaban J connectivity index is 2.73. The van der Waals surface area contributed by atoms with Crippen LogP contribution in [0.3, 0.4) is 0 Å². The van der Waals surface area contributed by atoms with Gasteiger partial charge in [-0.25, -0.2) is 13.1 Å². The number of hydrogen-bond donors (Lipinski definition) is 2. The van der Waals surface area contributed by atoms with E-state index in [0.29, 0.717) is 17.2 Å². The van der Waals surface area contributed by atoms with Crippen molar-refractivity contribution in [2.24, 2.45) is 5.73 Å². The molecule has 1 atom stereocenters. The molecule has 0 amide bonds. The maximum atomic E-state index is 11.9. The second-order valence-electron chi connectivity index (χ2n) is 3.96. The molecule has 5 nitrogen and oxygen atoms in total. The number of nitrogens with one attached hydrogen (secondary N) is 1. The minimum absolute atomic E-state index is 0.153. The maximum absolute atomic E-state index is 11.9. The van der Waals surface area contributed by atoms with Gasteiger partial charge in [0.15, 0.2) is 0 Å². The van der Waals surface area contributed by atoms with Gasteiger partial charge in [-0.15, -0.1) is 0 Å². The molecule has 1 aromatic carbocycles. The van der Waals surface area contributed by atoms with Crippen LogP contribution in [0, 0.1) is 0 Å². The smallest absolute Gasteiger partial charge is 0.240 e. The Morgan fingerprint density at radius 2 is 1.95 bits per heavy atom. The monoisotopic (exact) mass is 320 g/mol. The summed E-state index contributed by atoms with van der Waals surface area (Å²) in [5.74, 6) is 0.290. The first-order valence-electron chi connectivity index (χ1n) is 5.48. The lowest BCUT2D eigenvalue weighted by Crippen LogP contribution is -2.27. The number of sulfonamides is 1. The molecule has 106 valence electrons. The fourth-order valence-corrected chi connectivity index (χ4v) is 3.11. The molecule has 0 aliphatic heterocycles. The third kappa shape index (κ3) is 5.77. The lowest BCUT2D eigenvalue weighted by molar-refractivity contribution is 0.584.